The largest absolute Gasteiger partial charge is 0.386 e. The highest BCUT2D eigenvalue weighted by Crippen LogP contribution is 2.30. The highest BCUT2D eigenvalue weighted by Gasteiger charge is 2.41. The smallest absolute Gasteiger partial charge is 0.241 e. The summed E-state index contributed by atoms with van der Waals surface area (Å²) in [6.07, 6.45) is 0.940. The third kappa shape index (κ3) is 3.43. The summed E-state index contributed by atoms with van der Waals surface area (Å²) in [4.78, 5) is 22.8. The molecule has 1 aliphatic rings. The number of hydrogen-bond donors (Lipinski definition) is 1. The van der Waals surface area contributed by atoms with Crippen molar-refractivity contribution < 1.29 is 14.8 Å². The van der Waals surface area contributed by atoms with Gasteiger partial charge in [0.25, 0.3) is 0 Å². The van der Waals surface area contributed by atoms with Crippen LogP contribution in [0.25, 0.3) is 0 Å². The third-order valence-electron chi connectivity index (χ3n) is 3.79. The van der Waals surface area contributed by atoms with E-state index in [0.717, 1.165) is 10.9 Å². The summed E-state index contributed by atoms with van der Waals surface area (Å²) < 4.78 is 0.804. The molecule has 5 nitrogen and oxygen atoms in total. The number of aliphatic hydroxyl groups excluding tert-OH is 1. The van der Waals surface area contributed by atoms with Gasteiger partial charge in [-0.05, 0) is 25.0 Å². The number of nitrogens with zero attached hydrogens (tertiary/aromatic N) is 1. The molecule has 6 heteroatoms. The van der Waals surface area contributed by atoms with Crippen LogP contribution in [-0.2, 0) is 0 Å². The summed E-state index contributed by atoms with van der Waals surface area (Å²) >= 11 is 3.30. The number of ketones is 1. The van der Waals surface area contributed by atoms with Crippen LogP contribution in [0.3, 0.4) is 0 Å². The fourth-order valence-electron chi connectivity index (χ4n) is 2.80. The molecule has 1 aromatic rings. The van der Waals surface area contributed by atoms with Gasteiger partial charge in [-0.3, -0.25) is 14.9 Å². The normalized spacial score (nSPS) is 26.2. The third-order valence-corrected chi connectivity index (χ3v) is 4.28. The van der Waals surface area contributed by atoms with Crippen LogP contribution in [0.15, 0.2) is 28.7 Å². The standard InChI is InChI=1S/C14H16BrNO4/c15-11-5-1-3-9(7-11)13(18)8-10-4-2-6-12(17)14(10)16(19)20/h1,3,5,7,10,12,14,17H,2,4,6,8H2. The van der Waals surface area contributed by atoms with Gasteiger partial charge in [0.15, 0.2) is 5.78 Å². The van der Waals surface area contributed by atoms with E-state index in [1.165, 1.54) is 0 Å². The Bertz CT molecular complexity index is 520. The lowest BCUT2D eigenvalue weighted by molar-refractivity contribution is -0.547. The molecule has 0 spiro atoms. The minimum absolute atomic E-state index is 0.110. The molecule has 0 amide bonds. The Morgan fingerprint density at radius 2 is 2.20 bits per heavy atom. The number of nitro groups is 1. The molecular formula is C14H16BrNO4. The van der Waals surface area contributed by atoms with Gasteiger partial charge in [0.1, 0.15) is 6.10 Å². The number of Topliss-reactive ketones (excluding diaryl/α,β-unsaturated/α-hetero) is 1. The van der Waals surface area contributed by atoms with Crippen molar-refractivity contribution in [2.24, 2.45) is 5.92 Å². The van der Waals surface area contributed by atoms with Crippen molar-refractivity contribution in [2.75, 3.05) is 0 Å². The van der Waals surface area contributed by atoms with Gasteiger partial charge in [0, 0.05) is 27.3 Å². The van der Waals surface area contributed by atoms with Crippen LogP contribution in [-0.4, -0.2) is 28.0 Å². The van der Waals surface area contributed by atoms with Crippen molar-refractivity contribution in [1.29, 1.82) is 0 Å². The summed E-state index contributed by atoms with van der Waals surface area (Å²) in [5, 5.41) is 20.9. The lowest BCUT2D eigenvalue weighted by Gasteiger charge is -2.28. The van der Waals surface area contributed by atoms with Gasteiger partial charge in [-0.1, -0.05) is 34.5 Å². The van der Waals surface area contributed by atoms with E-state index in [4.69, 9.17) is 0 Å². The molecule has 108 valence electrons. The van der Waals surface area contributed by atoms with E-state index in [-0.39, 0.29) is 18.1 Å². The highest BCUT2D eigenvalue weighted by atomic mass is 79.9. The molecule has 1 N–H and O–H groups in total. The molecule has 1 saturated carbocycles. The van der Waals surface area contributed by atoms with Gasteiger partial charge < -0.3 is 5.11 Å². The number of carbonyl (C=O) groups excluding carboxylic acids is 1. The van der Waals surface area contributed by atoms with Crippen LogP contribution in [0.1, 0.15) is 36.0 Å². The summed E-state index contributed by atoms with van der Waals surface area (Å²) in [5.41, 5.74) is 0.543. The molecule has 0 saturated heterocycles. The van der Waals surface area contributed by atoms with Gasteiger partial charge in [0.2, 0.25) is 6.04 Å². The summed E-state index contributed by atoms with van der Waals surface area (Å²) in [7, 11) is 0. The molecule has 0 radical (unpaired) electrons. The zero-order valence-electron chi connectivity index (χ0n) is 10.9. The molecule has 20 heavy (non-hydrogen) atoms. The molecule has 0 aliphatic heterocycles. The molecule has 1 fully saturated rings. The average Bonchev–Trinajstić information content (AvgIpc) is 2.38. The van der Waals surface area contributed by atoms with Crippen molar-refractivity contribution >= 4 is 21.7 Å². The lowest BCUT2D eigenvalue weighted by atomic mass is 9.79. The average molecular weight is 342 g/mol. The van der Waals surface area contributed by atoms with E-state index < -0.39 is 17.1 Å². The maximum atomic E-state index is 12.2. The van der Waals surface area contributed by atoms with Crippen LogP contribution in [0.2, 0.25) is 0 Å². The first-order valence-corrected chi connectivity index (χ1v) is 7.38. The number of benzene rings is 1. The van der Waals surface area contributed by atoms with Crippen LogP contribution in [0.5, 0.6) is 0 Å². The number of hydrogen-bond acceptors (Lipinski definition) is 4. The second-order valence-electron chi connectivity index (χ2n) is 5.17. The Morgan fingerprint density at radius 3 is 2.85 bits per heavy atom. The van der Waals surface area contributed by atoms with Crippen molar-refractivity contribution in [1.82, 2.24) is 0 Å². The second-order valence-corrected chi connectivity index (χ2v) is 6.09. The van der Waals surface area contributed by atoms with Gasteiger partial charge in [-0.25, -0.2) is 0 Å². The van der Waals surface area contributed by atoms with Gasteiger partial charge in [-0.2, -0.15) is 0 Å². The first-order chi connectivity index (χ1) is 9.49. The van der Waals surface area contributed by atoms with E-state index in [1.807, 2.05) is 6.07 Å². The second kappa shape index (κ2) is 6.45. The topological polar surface area (TPSA) is 80.4 Å². The number of halogens is 1. The minimum atomic E-state index is -1.03. The van der Waals surface area contributed by atoms with Crippen molar-refractivity contribution in [3.05, 3.63) is 44.4 Å². The van der Waals surface area contributed by atoms with Gasteiger partial charge in [-0.15, -0.1) is 0 Å². The first-order valence-electron chi connectivity index (χ1n) is 6.59. The van der Waals surface area contributed by atoms with Crippen molar-refractivity contribution in [3.8, 4) is 0 Å². The molecule has 2 rings (SSSR count). The Labute approximate surface area is 125 Å². The molecule has 1 aliphatic carbocycles. The van der Waals surface area contributed by atoms with E-state index in [2.05, 4.69) is 15.9 Å². The van der Waals surface area contributed by atoms with E-state index in [1.54, 1.807) is 18.2 Å². The van der Waals surface area contributed by atoms with Crippen LogP contribution >= 0.6 is 15.9 Å². The highest BCUT2D eigenvalue weighted by molar-refractivity contribution is 9.10. The fourth-order valence-corrected chi connectivity index (χ4v) is 3.20. The molecule has 0 bridgehead atoms. The first kappa shape index (κ1) is 15.1. The van der Waals surface area contributed by atoms with E-state index in [0.29, 0.717) is 18.4 Å². The summed E-state index contributed by atoms with van der Waals surface area (Å²) in [6.45, 7) is 0. The number of carbonyl (C=O) groups is 1. The van der Waals surface area contributed by atoms with Crippen molar-refractivity contribution in [2.45, 2.75) is 37.8 Å². The molecule has 0 aromatic heterocycles. The summed E-state index contributed by atoms with van der Waals surface area (Å²) in [6, 6.07) is 5.97. The van der Waals surface area contributed by atoms with Crippen LogP contribution in [0, 0.1) is 16.0 Å². The molecule has 3 atom stereocenters. The Hall–Kier alpha value is -1.27. The van der Waals surface area contributed by atoms with Crippen LogP contribution in [0.4, 0.5) is 0 Å². The zero-order valence-corrected chi connectivity index (χ0v) is 12.5. The summed E-state index contributed by atoms with van der Waals surface area (Å²) in [5.74, 6) is -0.502. The molecule has 1 aromatic carbocycles. The predicted molar refractivity (Wildman–Crippen MR) is 77.2 cm³/mol. The monoisotopic (exact) mass is 341 g/mol. The maximum Gasteiger partial charge on any atom is 0.241 e. The molecule has 0 heterocycles. The maximum absolute atomic E-state index is 12.2. The Balaban J connectivity index is 2.11. The zero-order chi connectivity index (χ0) is 14.7. The van der Waals surface area contributed by atoms with Crippen molar-refractivity contribution in [3.63, 3.8) is 0 Å². The SMILES string of the molecule is O=C(CC1CCCC(O)C1[N+](=O)[O-])c1cccc(Br)c1. The number of rotatable bonds is 4. The Morgan fingerprint density at radius 1 is 1.45 bits per heavy atom. The van der Waals surface area contributed by atoms with Gasteiger partial charge in [0.05, 0.1) is 0 Å². The van der Waals surface area contributed by atoms with E-state index >= 15 is 0 Å². The molecule has 3 unspecified atom stereocenters. The fraction of sp³-hybridized carbons (Fsp3) is 0.500. The van der Waals surface area contributed by atoms with Crippen LogP contribution < -0.4 is 0 Å². The number of aliphatic hydroxyl groups is 1. The quantitative estimate of drug-likeness (QED) is 0.518. The molecular weight excluding hydrogens is 326 g/mol. The van der Waals surface area contributed by atoms with Gasteiger partial charge >= 0.3 is 0 Å². The minimum Gasteiger partial charge on any atom is -0.386 e. The predicted octanol–water partition coefficient (Wildman–Crippen LogP) is 2.83. The van der Waals surface area contributed by atoms with E-state index in [9.17, 15) is 20.0 Å². The Kier molecular flexibility index (Phi) is 4.88. The lowest BCUT2D eigenvalue weighted by Crippen LogP contribution is -2.44.